The van der Waals surface area contributed by atoms with Crippen molar-refractivity contribution in [3.8, 4) is 6.07 Å². The standard InChI is InChI=1S/C15H10ClNO4/c1-2-20-15(19)9(7-17)5-10-8-21-13-4-3-11(16)6-12(13)14(10)18/h3-6,8H,2H2,1H3/b9-5+. The Morgan fingerprint density at radius 3 is 2.95 bits per heavy atom. The third-order valence-electron chi connectivity index (χ3n) is 2.68. The minimum atomic E-state index is -0.786. The topological polar surface area (TPSA) is 80.3 Å². The van der Waals surface area contributed by atoms with E-state index in [2.05, 4.69) is 0 Å². The van der Waals surface area contributed by atoms with Crippen molar-refractivity contribution in [2.75, 3.05) is 6.61 Å². The molecule has 0 atom stereocenters. The van der Waals surface area contributed by atoms with Crippen molar-refractivity contribution in [2.45, 2.75) is 6.92 Å². The minimum Gasteiger partial charge on any atom is -0.463 e. The fourth-order valence-electron chi connectivity index (χ4n) is 1.72. The molecule has 2 rings (SSSR count). The van der Waals surface area contributed by atoms with E-state index in [1.54, 1.807) is 25.1 Å². The zero-order valence-corrected chi connectivity index (χ0v) is 11.8. The molecular weight excluding hydrogens is 294 g/mol. The molecule has 0 aliphatic rings. The Kier molecular flexibility index (Phi) is 4.41. The molecule has 0 aliphatic heterocycles. The Labute approximate surface area is 125 Å². The van der Waals surface area contributed by atoms with Gasteiger partial charge in [0, 0.05) is 5.02 Å². The highest BCUT2D eigenvalue weighted by Crippen LogP contribution is 2.18. The second-order valence-corrected chi connectivity index (χ2v) is 4.49. The third-order valence-corrected chi connectivity index (χ3v) is 2.91. The zero-order valence-electron chi connectivity index (χ0n) is 11.1. The molecule has 6 heteroatoms. The van der Waals surface area contributed by atoms with Gasteiger partial charge in [0.25, 0.3) is 0 Å². The average Bonchev–Trinajstić information content (AvgIpc) is 2.47. The van der Waals surface area contributed by atoms with Crippen molar-refractivity contribution in [3.05, 3.63) is 50.8 Å². The van der Waals surface area contributed by atoms with Gasteiger partial charge < -0.3 is 9.15 Å². The van der Waals surface area contributed by atoms with Gasteiger partial charge in [0.2, 0.25) is 0 Å². The maximum atomic E-state index is 12.3. The highest BCUT2D eigenvalue weighted by atomic mass is 35.5. The first-order valence-electron chi connectivity index (χ1n) is 6.06. The SMILES string of the molecule is CCOC(=O)/C(C#N)=C/c1coc2ccc(Cl)cc2c1=O. The van der Waals surface area contributed by atoms with Gasteiger partial charge in [-0.3, -0.25) is 4.79 Å². The molecule has 0 spiro atoms. The number of nitrogens with zero attached hydrogens (tertiary/aromatic N) is 1. The van der Waals surface area contributed by atoms with Crippen LogP contribution in [0.3, 0.4) is 0 Å². The first-order valence-corrected chi connectivity index (χ1v) is 6.44. The Hall–Kier alpha value is -2.58. The number of hydrogen-bond donors (Lipinski definition) is 0. The van der Waals surface area contributed by atoms with E-state index in [4.69, 9.17) is 26.0 Å². The zero-order chi connectivity index (χ0) is 15.4. The number of esters is 1. The van der Waals surface area contributed by atoms with Gasteiger partial charge in [0.15, 0.2) is 5.43 Å². The van der Waals surface area contributed by atoms with Crippen LogP contribution in [0.4, 0.5) is 0 Å². The molecule has 0 radical (unpaired) electrons. The van der Waals surface area contributed by atoms with Crippen molar-refractivity contribution in [1.29, 1.82) is 5.26 Å². The maximum Gasteiger partial charge on any atom is 0.348 e. The molecule has 106 valence electrons. The smallest absolute Gasteiger partial charge is 0.348 e. The Morgan fingerprint density at radius 2 is 2.29 bits per heavy atom. The van der Waals surface area contributed by atoms with E-state index < -0.39 is 5.97 Å². The van der Waals surface area contributed by atoms with Crippen LogP contribution < -0.4 is 5.43 Å². The molecule has 0 amide bonds. The number of nitriles is 1. The van der Waals surface area contributed by atoms with E-state index in [9.17, 15) is 9.59 Å². The van der Waals surface area contributed by atoms with Crippen LogP contribution in [-0.2, 0) is 9.53 Å². The molecule has 2 aromatic rings. The van der Waals surface area contributed by atoms with Crippen LogP contribution in [0.15, 0.2) is 39.2 Å². The normalized spacial score (nSPS) is 11.2. The highest BCUT2D eigenvalue weighted by molar-refractivity contribution is 6.31. The fraction of sp³-hybridized carbons (Fsp3) is 0.133. The van der Waals surface area contributed by atoms with E-state index in [1.807, 2.05) is 0 Å². The number of rotatable bonds is 3. The number of halogens is 1. The van der Waals surface area contributed by atoms with Gasteiger partial charge >= 0.3 is 5.97 Å². The molecule has 0 saturated heterocycles. The summed E-state index contributed by atoms with van der Waals surface area (Å²) < 4.78 is 10.0. The minimum absolute atomic E-state index is 0.0781. The van der Waals surface area contributed by atoms with Crippen LogP contribution in [0.5, 0.6) is 0 Å². The Balaban J connectivity index is 2.57. The third kappa shape index (κ3) is 3.12. The molecule has 1 aromatic heterocycles. The lowest BCUT2D eigenvalue weighted by Gasteiger charge is -2.01. The molecule has 1 aromatic carbocycles. The number of hydrogen-bond acceptors (Lipinski definition) is 5. The molecule has 0 bridgehead atoms. The summed E-state index contributed by atoms with van der Waals surface area (Å²) in [6, 6.07) is 6.34. The van der Waals surface area contributed by atoms with E-state index >= 15 is 0 Å². The average molecular weight is 304 g/mol. The summed E-state index contributed by atoms with van der Waals surface area (Å²) in [7, 11) is 0. The van der Waals surface area contributed by atoms with Gasteiger partial charge in [-0.1, -0.05) is 11.6 Å². The van der Waals surface area contributed by atoms with Gasteiger partial charge in [-0.05, 0) is 31.2 Å². The maximum absolute atomic E-state index is 12.3. The molecule has 0 fully saturated rings. The largest absolute Gasteiger partial charge is 0.463 e. The van der Waals surface area contributed by atoms with E-state index in [-0.39, 0.29) is 28.6 Å². The van der Waals surface area contributed by atoms with Crippen molar-refractivity contribution in [2.24, 2.45) is 0 Å². The van der Waals surface area contributed by atoms with Gasteiger partial charge in [-0.2, -0.15) is 5.26 Å². The predicted molar refractivity (Wildman–Crippen MR) is 77.7 cm³/mol. The van der Waals surface area contributed by atoms with Gasteiger partial charge in [0.05, 0.1) is 17.6 Å². The van der Waals surface area contributed by atoms with Crippen LogP contribution in [-0.4, -0.2) is 12.6 Å². The van der Waals surface area contributed by atoms with E-state index in [0.29, 0.717) is 10.6 Å². The molecule has 0 saturated carbocycles. The fourth-order valence-corrected chi connectivity index (χ4v) is 1.89. The van der Waals surface area contributed by atoms with Crippen LogP contribution in [0.25, 0.3) is 17.0 Å². The lowest BCUT2D eigenvalue weighted by atomic mass is 10.1. The lowest BCUT2D eigenvalue weighted by molar-refractivity contribution is -0.137. The molecule has 0 unspecified atom stereocenters. The Bertz CT molecular complexity index is 830. The number of carbonyl (C=O) groups is 1. The van der Waals surface area contributed by atoms with Crippen molar-refractivity contribution >= 4 is 34.6 Å². The first-order chi connectivity index (χ1) is 10.1. The van der Waals surface area contributed by atoms with Crippen LogP contribution in [0.1, 0.15) is 12.5 Å². The molecule has 0 aliphatic carbocycles. The van der Waals surface area contributed by atoms with Crippen LogP contribution in [0, 0.1) is 11.3 Å². The number of fused-ring (bicyclic) bond motifs is 1. The first kappa shape index (κ1) is 14.8. The number of benzene rings is 1. The van der Waals surface area contributed by atoms with Crippen molar-refractivity contribution in [1.82, 2.24) is 0 Å². The summed E-state index contributed by atoms with van der Waals surface area (Å²) in [6.45, 7) is 1.76. The Morgan fingerprint density at radius 1 is 1.52 bits per heavy atom. The monoisotopic (exact) mass is 303 g/mol. The lowest BCUT2D eigenvalue weighted by Crippen LogP contribution is -2.09. The van der Waals surface area contributed by atoms with Gasteiger partial charge in [0.1, 0.15) is 23.5 Å². The van der Waals surface area contributed by atoms with Gasteiger partial charge in [-0.25, -0.2) is 4.79 Å². The van der Waals surface area contributed by atoms with E-state index in [0.717, 1.165) is 6.08 Å². The molecular formula is C15H10ClNO4. The predicted octanol–water partition coefficient (Wildman–Crippen LogP) is 2.92. The van der Waals surface area contributed by atoms with E-state index in [1.165, 1.54) is 12.3 Å². The van der Waals surface area contributed by atoms with Crippen LogP contribution >= 0.6 is 11.6 Å². The number of carbonyl (C=O) groups excluding carboxylic acids is 1. The molecule has 21 heavy (non-hydrogen) atoms. The second kappa shape index (κ2) is 6.25. The van der Waals surface area contributed by atoms with Crippen LogP contribution in [0.2, 0.25) is 5.02 Å². The molecule has 1 heterocycles. The summed E-state index contributed by atoms with van der Waals surface area (Å²) in [4.78, 5) is 23.8. The summed E-state index contributed by atoms with van der Waals surface area (Å²) in [5.41, 5.74) is -0.202. The van der Waals surface area contributed by atoms with Gasteiger partial charge in [-0.15, -0.1) is 0 Å². The summed E-state index contributed by atoms with van der Waals surface area (Å²) in [5.74, 6) is -0.786. The molecule has 5 nitrogen and oxygen atoms in total. The molecule has 0 N–H and O–H groups in total. The highest BCUT2D eigenvalue weighted by Gasteiger charge is 2.12. The number of ether oxygens (including phenoxy) is 1. The second-order valence-electron chi connectivity index (χ2n) is 4.05. The van der Waals surface area contributed by atoms with Crippen molar-refractivity contribution in [3.63, 3.8) is 0 Å². The summed E-state index contributed by atoms with van der Waals surface area (Å²) in [5, 5.41) is 9.63. The summed E-state index contributed by atoms with van der Waals surface area (Å²) in [6.07, 6.45) is 2.33. The van der Waals surface area contributed by atoms with Crippen molar-refractivity contribution < 1.29 is 13.9 Å². The quantitative estimate of drug-likeness (QED) is 0.495. The summed E-state index contributed by atoms with van der Waals surface area (Å²) >= 11 is 5.85.